The molecule has 0 aliphatic carbocycles. The lowest BCUT2D eigenvalue weighted by Crippen LogP contribution is -2.09. The molecule has 0 aliphatic heterocycles. The highest BCUT2D eigenvalue weighted by molar-refractivity contribution is 5.50. The molecule has 0 radical (unpaired) electrons. The van der Waals surface area contributed by atoms with E-state index in [4.69, 9.17) is 0 Å². The number of hydrogen-bond acceptors (Lipinski definition) is 4. The SMILES string of the molecule is CCc1ccc(-c2nccn2[C@@H](C)c2ccncn2)nc1. The average Bonchev–Trinajstić information content (AvgIpc) is 3.04. The van der Waals surface area contributed by atoms with Crippen molar-refractivity contribution < 1.29 is 0 Å². The molecule has 0 unspecified atom stereocenters. The van der Waals surface area contributed by atoms with E-state index in [1.165, 1.54) is 5.56 Å². The van der Waals surface area contributed by atoms with Gasteiger partial charge in [0.05, 0.1) is 11.7 Å². The quantitative estimate of drug-likeness (QED) is 0.737. The van der Waals surface area contributed by atoms with E-state index < -0.39 is 0 Å². The maximum absolute atomic E-state index is 4.51. The van der Waals surface area contributed by atoms with Crippen LogP contribution in [0.25, 0.3) is 11.5 Å². The molecule has 5 nitrogen and oxygen atoms in total. The van der Waals surface area contributed by atoms with Crippen LogP contribution in [0.3, 0.4) is 0 Å². The normalized spacial score (nSPS) is 12.3. The van der Waals surface area contributed by atoms with Crippen LogP contribution in [0.1, 0.15) is 31.1 Å². The van der Waals surface area contributed by atoms with Gasteiger partial charge in [-0.15, -0.1) is 0 Å². The Morgan fingerprint density at radius 3 is 2.67 bits per heavy atom. The fourth-order valence-electron chi connectivity index (χ4n) is 2.28. The van der Waals surface area contributed by atoms with Crippen molar-refractivity contribution in [1.29, 1.82) is 0 Å². The largest absolute Gasteiger partial charge is 0.321 e. The zero-order valence-electron chi connectivity index (χ0n) is 12.1. The summed E-state index contributed by atoms with van der Waals surface area (Å²) < 4.78 is 2.08. The topological polar surface area (TPSA) is 56.5 Å². The van der Waals surface area contributed by atoms with Crippen LogP contribution in [-0.2, 0) is 6.42 Å². The number of aryl methyl sites for hydroxylation is 1. The molecule has 0 amide bonds. The van der Waals surface area contributed by atoms with Gasteiger partial charge in [0.1, 0.15) is 12.0 Å². The first-order chi connectivity index (χ1) is 10.3. The molecule has 0 bridgehead atoms. The molecule has 0 N–H and O–H groups in total. The molecule has 0 spiro atoms. The molecule has 3 rings (SSSR count). The Kier molecular flexibility index (Phi) is 3.73. The van der Waals surface area contributed by atoms with Gasteiger partial charge in [-0.25, -0.2) is 15.0 Å². The molecule has 5 heteroatoms. The minimum absolute atomic E-state index is 0.0816. The van der Waals surface area contributed by atoms with Crippen LogP contribution in [0.2, 0.25) is 0 Å². The predicted molar refractivity (Wildman–Crippen MR) is 80.7 cm³/mol. The van der Waals surface area contributed by atoms with Crippen molar-refractivity contribution in [3.8, 4) is 11.5 Å². The van der Waals surface area contributed by atoms with Gasteiger partial charge in [-0.2, -0.15) is 0 Å². The molecule has 21 heavy (non-hydrogen) atoms. The lowest BCUT2D eigenvalue weighted by molar-refractivity contribution is 0.623. The first kappa shape index (κ1) is 13.4. The summed E-state index contributed by atoms with van der Waals surface area (Å²) in [5.41, 5.74) is 3.05. The minimum atomic E-state index is 0.0816. The lowest BCUT2D eigenvalue weighted by atomic mass is 10.2. The van der Waals surface area contributed by atoms with Gasteiger partial charge in [-0.3, -0.25) is 4.98 Å². The fraction of sp³-hybridized carbons (Fsp3) is 0.250. The van der Waals surface area contributed by atoms with E-state index >= 15 is 0 Å². The van der Waals surface area contributed by atoms with Crippen molar-refractivity contribution in [3.05, 3.63) is 60.6 Å². The molecule has 3 aromatic heterocycles. The Balaban J connectivity index is 1.96. The number of imidazole rings is 1. The summed E-state index contributed by atoms with van der Waals surface area (Å²) in [6.45, 7) is 4.21. The Morgan fingerprint density at radius 1 is 1.10 bits per heavy atom. The van der Waals surface area contributed by atoms with Crippen LogP contribution in [0, 0.1) is 0 Å². The first-order valence-electron chi connectivity index (χ1n) is 7.03. The second-order valence-electron chi connectivity index (χ2n) is 4.87. The summed E-state index contributed by atoms with van der Waals surface area (Å²) in [5.74, 6) is 0.851. The molecular weight excluding hydrogens is 262 g/mol. The Morgan fingerprint density at radius 2 is 2.00 bits per heavy atom. The summed E-state index contributed by atoms with van der Waals surface area (Å²) in [6.07, 6.45) is 9.96. The highest BCUT2D eigenvalue weighted by Gasteiger charge is 2.15. The lowest BCUT2D eigenvalue weighted by Gasteiger charge is -2.15. The van der Waals surface area contributed by atoms with Crippen LogP contribution < -0.4 is 0 Å². The van der Waals surface area contributed by atoms with Gasteiger partial charge in [0.2, 0.25) is 0 Å². The number of rotatable bonds is 4. The molecule has 0 aromatic carbocycles. The minimum Gasteiger partial charge on any atom is -0.321 e. The Labute approximate surface area is 123 Å². The summed E-state index contributed by atoms with van der Waals surface area (Å²) in [7, 11) is 0. The van der Waals surface area contributed by atoms with Crippen LogP contribution >= 0.6 is 0 Å². The van der Waals surface area contributed by atoms with Crippen molar-refractivity contribution in [1.82, 2.24) is 24.5 Å². The van der Waals surface area contributed by atoms with E-state index in [0.717, 1.165) is 23.6 Å². The van der Waals surface area contributed by atoms with Crippen molar-refractivity contribution >= 4 is 0 Å². The number of aromatic nitrogens is 5. The molecule has 0 aliphatic rings. The summed E-state index contributed by atoms with van der Waals surface area (Å²) in [6, 6.07) is 6.11. The van der Waals surface area contributed by atoms with Crippen molar-refractivity contribution in [2.45, 2.75) is 26.3 Å². The number of hydrogen-bond donors (Lipinski definition) is 0. The summed E-state index contributed by atoms with van der Waals surface area (Å²) in [4.78, 5) is 17.2. The first-order valence-corrected chi connectivity index (χ1v) is 7.03. The fourth-order valence-corrected chi connectivity index (χ4v) is 2.28. The van der Waals surface area contributed by atoms with E-state index in [0.29, 0.717) is 0 Å². The van der Waals surface area contributed by atoms with Crippen LogP contribution in [0.5, 0.6) is 0 Å². The monoisotopic (exact) mass is 279 g/mol. The molecule has 0 saturated carbocycles. The van der Waals surface area contributed by atoms with Crippen LogP contribution in [0.4, 0.5) is 0 Å². The molecule has 0 saturated heterocycles. The zero-order valence-corrected chi connectivity index (χ0v) is 12.1. The molecule has 3 heterocycles. The third-order valence-electron chi connectivity index (χ3n) is 3.58. The molecule has 106 valence electrons. The van der Waals surface area contributed by atoms with Gasteiger partial charge < -0.3 is 4.57 Å². The van der Waals surface area contributed by atoms with E-state index in [1.807, 2.05) is 24.5 Å². The van der Waals surface area contributed by atoms with Crippen LogP contribution in [-0.4, -0.2) is 24.5 Å². The standard InChI is InChI=1S/C16H17N5/c1-3-13-4-5-15(19-10-13)16-18-8-9-21(16)12(2)14-6-7-17-11-20-14/h4-12H,3H2,1-2H3/t12-/m0/s1. The van der Waals surface area contributed by atoms with E-state index in [9.17, 15) is 0 Å². The molecular formula is C16H17N5. The van der Waals surface area contributed by atoms with E-state index in [2.05, 4.69) is 44.4 Å². The van der Waals surface area contributed by atoms with Gasteiger partial charge in [0.15, 0.2) is 5.82 Å². The highest BCUT2D eigenvalue weighted by atomic mass is 15.1. The average molecular weight is 279 g/mol. The highest BCUT2D eigenvalue weighted by Crippen LogP contribution is 2.23. The van der Waals surface area contributed by atoms with Gasteiger partial charge in [0.25, 0.3) is 0 Å². The predicted octanol–water partition coefficient (Wildman–Crippen LogP) is 2.91. The van der Waals surface area contributed by atoms with Gasteiger partial charge in [0, 0.05) is 24.8 Å². The second kappa shape index (κ2) is 5.83. The van der Waals surface area contributed by atoms with Crippen LogP contribution in [0.15, 0.2) is 49.3 Å². The third-order valence-corrected chi connectivity index (χ3v) is 3.58. The van der Waals surface area contributed by atoms with Gasteiger partial charge >= 0.3 is 0 Å². The van der Waals surface area contributed by atoms with E-state index in [-0.39, 0.29) is 6.04 Å². The summed E-state index contributed by atoms with van der Waals surface area (Å²) >= 11 is 0. The van der Waals surface area contributed by atoms with Gasteiger partial charge in [-0.1, -0.05) is 13.0 Å². The number of pyridine rings is 1. The van der Waals surface area contributed by atoms with Crippen molar-refractivity contribution in [2.24, 2.45) is 0 Å². The van der Waals surface area contributed by atoms with Gasteiger partial charge in [-0.05, 0) is 31.0 Å². The molecule has 1 atom stereocenters. The maximum Gasteiger partial charge on any atom is 0.159 e. The molecule has 0 fully saturated rings. The van der Waals surface area contributed by atoms with Crippen molar-refractivity contribution in [2.75, 3.05) is 0 Å². The Bertz CT molecular complexity index is 703. The maximum atomic E-state index is 4.51. The summed E-state index contributed by atoms with van der Waals surface area (Å²) in [5, 5.41) is 0. The smallest absolute Gasteiger partial charge is 0.159 e. The number of nitrogens with zero attached hydrogens (tertiary/aromatic N) is 5. The Hall–Kier alpha value is -2.56. The van der Waals surface area contributed by atoms with E-state index in [1.54, 1.807) is 18.7 Å². The van der Waals surface area contributed by atoms with Crippen molar-refractivity contribution in [3.63, 3.8) is 0 Å². The molecule has 3 aromatic rings. The third kappa shape index (κ3) is 2.67. The second-order valence-corrected chi connectivity index (χ2v) is 4.87. The zero-order chi connectivity index (χ0) is 14.7.